The number of nitrogens with zero attached hydrogens (tertiary/aromatic N) is 1. The molecule has 2 saturated heterocycles. The molecule has 0 aromatic rings. The van der Waals surface area contributed by atoms with Crippen LogP contribution in [0.25, 0.3) is 0 Å². The third kappa shape index (κ3) is 0.979. The molecule has 0 spiro atoms. The molecule has 0 aromatic heterocycles. The van der Waals surface area contributed by atoms with Crippen molar-refractivity contribution in [2.75, 3.05) is 13.1 Å². The fraction of sp³-hybridized carbons (Fsp3) is 0.917. The molecule has 4 atom stereocenters. The van der Waals surface area contributed by atoms with Crippen LogP contribution in [0, 0.1) is 17.3 Å². The highest BCUT2D eigenvalue weighted by Crippen LogP contribution is 2.51. The molecule has 2 heteroatoms. The molecule has 14 heavy (non-hydrogen) atoms. The van der Waals surface area contributed by atoms with Crippen LogP contribution in [-0.4, -0.2) is 29.8 Å². The number of Topliss-reactive ketones (excluding diaryl/α,β-unsaturated/α-hetero) is 1. The van der Waals surface area contributed by atoms with Crippen molar-refractivity contribution in [2.45, 2.75) is 39.2 Å². The van der Waals surface area contributed by atoms with Gasteiger partial charge in [-0.1, -0.05) is 13.8 Å². The average molecular weight is 193 g/mol. The Morgan fingerprint density at radius 2 is 2.29 bits per heavy atom. The van der Waals surface area contributed by atoms with Gasteiger partial charge in [0.25, 0.3) is 0 Å². The first-order chi connectivity index (χ1) is 6.60. The lowest BCUT2D eigenvalue weighted by Crippen LogP contribution is -2.54. The third-order valence-electron chi connectivity index (χ3n) is 4.89. The van der Waals surface area contributed by atoms with Crippen LogP contribution in [0.1, 0.15) is 33.1 Å². The fourth-order valence-corrected chi connectivity index (χ4v) is 3.97. The van der Waals surface area contributed by atoms with E-state index in [0.29, 0.717) is 23.0 Å². The van der Waals surface area contributed by atoms with Crippen LogP contribution in [-0.2, 0) is 4.79 Å². The van der Waals surface area contributed by atoms with E-state index in [4.69, 9.17) is 0 Å². The zero-order valence-electron chi connectivity index (χ0n) is 9.12. The van der Waals surface area contributed by atoms with E-state index in [1.165, 1.54) is 13.0 Å². The lowest BCUT2D eigenvalue weighted by molar-refractivity contribution is -0.135. The van der Waals surface area contributed by atoms with Crippen LogP contribution in [0.5, 0.6) is 0 Å². The summed E-state index contributed by atoms with van der Waals surface area (Å²) in [5.74, 6) is 1.54. The molecule has 0 amide bonds. The summed E-state index contributed by atoms with van der Waals surface area (Å²) < 4.78 is 0. The highest BCUT2D eigenvalue weighted by molar-refractivity contribution is 5.83. The predicted octanol–water partition coefficient (Wildman–Crippen LogP) is 1.70. The molecule has 0 radical (unpaired) electrons. The first kappa shape index (κ1) is 8.90. The summed E-state index contributed by atoms with van der Waals surface area (Å²) in [6, 6.07) is 0.724. The van der Waals surface area contributed by atoms with Gasteiger partial charge >= 0.3 is 0 Å². The minimum atomic E-state index is 0.327. The molecular formula is C12H19NO. The molecule has 1 saturated carbocycles. The molecule has 2 nitrogen and oxygen atoms in total. The highest BCUT2D eigenvalue weighted by Gasteiger charge is 2.54. The summed E-state index contributed by atoms with van der Waals surface area (Å²) >= 11 is 0. The van der Waals surface area contributed by atoms with E-state index in [1.807, 2.05) is 0 Å². The van der Waals surface area contributed by atoms with Crippen LogP contribution < -0.4 is 0 Å². The Bertz CT molecular complexity index is 288. The number of piperidine rings is 1. The summed E-state index contributed by atoms with van der Waals surface area (Å²) in [5.41, 5.74) is 0.327. The Morgan fingerprint density at radius 1 is 1.50 bits per heavy atom. The molecule has 0 unspecified atom stereocenters. The van der Waals surface area contributed by atoms with E-state index in [0.717, 1.165) is 25.4 Å². The Hall–Kier alpha value is -0.370. The number of rotatable bonds is 0. The number of hydrogen-bond acceptors (Lipinski definition) is 2. The molecule has 0 N–H and O–H groups in total. The van der Waals surface area contributed by atoms with Gasteiger partial charge in [-0.05, 0) is 30.7 Å². The van der Waals surface area contributed by atoms with E-state index in [9.17, 15) is 4.79 Å². The zero-order valence-corrected chi connectivity index (χ0v) is 9.12. The smallest absolute Gasteiger partial charge is 0.136 e. The van der Waals surface area contributed by atoms with Gasteiger partial charge in [0.15, 0.2) is 0 Å². The van der Waals surface area contributed by atoms with Crippen molar-refractivity contribution in [3.8, 4) is 0 Å². The predicted molar refractivity (Wildman–Crippen MR) is 55.0 cm³/mol. The minimum Gasteiger partial charge on any atom is -0.299 e. The first-order valence-corrected chi connectivity index (χ1v) is 5.87. The summed E-state index contributed by atoms with van der Waals surface area (Å²) in [7, 11) is 0. The van der Waals surface area contributed by atoms with Gasteiger partial charge in [-0.15, -0.1) is 0 Å². The van der Waals surface area contributed by atoms with Gasteiger partial charge < -0.3 is 0 Å². The second kappa shape index (κ2) is 2.60. The van der Waals surface area contributed by atoms with Gasteiger partial charge in [0.1, 0.15) is 5.78 Å². The van der Waals surface area contributed by atoms with E-state index in [-0.39, 0.29) is 0 Å². The van der Waals surface area contributed by atoms with Gasteiger partial charge in [-0.2, -0.15) is 0 Å². The van der Waals surface area contributed by atoms with E-state index < -0.39 is 0 Å². The van der Waals surface area contributed by atoms with Gasteiger partial charge in [0.05, 0.1) is 0 Å². The van der Waals surface area contributed by atoms with Crippen molar-refractivity contribution in [2.24, 2.45) is 17.3 Å². The van der Waals surface area contributed by atoms with Gasteiger partial charge in [0.2, 0.25) is 0 Å². The summed E-state index contributed by atoms with van der Waals surface area (Å²) in [5, 5.41) is 0. The SMILES string of the molecule is C[C@@H]1CN2CC[C@@]3(C)CC(=O)[C@@H]1C[C@@H]23. The number of fused-ring (bicyclic) bond motifs is 1. The number of carbonyl (C=O) groups excluding carboxylic acids is 1. The maximum Gasteiger partial charge on any atom is 0.136 e. The Balaban J connectivity index is 1.98. The Kier molecular flexibility index (Phi) is 1.65. The first-order valence-electron chi connectivity index (χ1n) is 5.87. The topological polar surface area (TPSA) is 20.3 Å². The molecule has 2 bridgehead atoms. The second-order valence-corrected chi connectivity index (χ2v) is 5.88. The van der Waals surface area contributed by atoms with Crippen molar-refractivity contribution in [3.05, 3.63) is 0 Å². The quantitative estimate of drug-likeness (QED) is 0.583. The molecule has 0 aromatic carbocycles. The molecule has 3 aliphatic rings. The lowest BCUT2D eigenvalue weighted by atomic mass is 9.63. The van der Waals surface area contributed by atoms with E-state index >= 15 is 0 Å². The maximum absolute atomic E-state index is 12.0. The van der Waals surface area contributed by atoms with Gasteiger partial charge in [-0.3, -0.25) is 9.69 Å². The highest BCUT2D eigenvalue weighted by atomic mass is 16.1. The number of carbonyl (C=O) groups is 1. The van der Waals surface area contributed by atoms with Gasteiger partial charge in [0, 0.05) is 24.9 Å². The van der Waals surface area contributed by atoms with Crippen molar-refractivity contribution in [1.29, 1.82) is 0 Å². The minimum absolute atomic E-state index is 0.327. The summed E-state index contributed by atoms with van der Waals surface area (Å²) in [6.07, 6.45) is 3.24. The summed E-state index contributed by atoms with van der Waals surface area (Å²) in [4.78, 5) is 14.6. The molecule has 2 heterocycles. The fourth-order valence-electron chi connectivity index (χ4n) is 3.97. The molecule has 3 fully saturated rings. The zero-order chi connectivity index (χ0) is 9.92. The largest absolute Gasteiger partial charge is 0.299 e. The van der Waals surface area contributed by atoms with Crippen LogP contribution in [0.15, 0.2) is 0 Å². The van der Waals surface area contributed by atoms with Crippen molar-refractivity contribution in [3.63, 3.8) is 0 Å². The van der Waals surface area contributed by atoms with Crippen LogP contribution >= 0.6 is 0 Å². The number of ketones is 1. The van der Waals surface area contributed by atoms with Crippen molar-refractivity contribution < 1.29 is 4.79 Å². The molecule has 2 aliphatic heterocycles. The molecule has 1 aliphatic carbocycles. The van der Waals surface area contributed by atoms with E-state index in [1.54, 1.807) is 0 Å². The van der Waals surface area contributed by atoms with Crippen molar-refractivity contribution >= 4 is 5.78 Å². The van der Waals surface area contributed by atoms with E-state index in [2.05, 4.69) is 18.7 Å². The monoisotopic (exact) mass is 193 g/mol. The summed E-state index contributed by atoms with van der Waals surface area (Å²) in [6.45, 7) is 6.96. The Labute approximate surface area is 85.7 Å². The third-order valence-corrected chi connectivity index (χ3v) is 4.89. The standard InChI is InChI=1S/C12H19NO/c1-8-7-13-4-3-12(2)6-10(14)9(8)5-11(12)13/h8-9,11H,3-7H2,1-2H3/t8-,9-,11-,12+/m1/s1. The number of hydrogen-bond donors (Lipinski definition) is 0. The van der Waals surface area contributed by atoms with Gasteiger partial charge in [-0.25, -0.2) is 0 Å². The maximum atomic E-state index is 12.0. The van der Waals surface area contributed by atoms with Crippen LogP contribution in [0.2, 0.25) is 0 Å². The normalized spacial score (nSPS) is 52.4. The lowest BCUT2D eigenvalue weighted by Gasteiger charge is -2.48. The molecule has 78 valence electrons. The van der Waals surface area contributed by atoms with Crippen molar-refractivity contribution in [1.82, 2.24) is 4.90 Å². The average Bonchev–Trinajstić information content (AvgIpc) is 2.44. The van der Waals surface area contributed by atoms with Crippen LogP contribution in [0.3, 0.4) is 0 Å². The van der Waals surface area contributed by atoms with Crippen LogP contribution in [0.4, 0.5) is 0 Å². The Morgan fingerprint density at radius 3 is 3.07 bits per heavy atom. The molecule has 3 rings (SSSR count). The second-order valence-electron chi connectivity index (χ2n) is 5.88. The molecular weight excluding hydrogens is 174 g/mol.